The quantitative estimate of drug-likeness (QED) is 0.883. The van der Waals surface area contributed by atoms with Gasteiger partial charge in [-0.3, -0.25) is 4.79 Å². The van der Waals surface area contributed by atoms with Crippen molar-refractivity contribution in [1.29, 1.82) is 0 Å². The Bertz CT molecular complexity index is 802. The zero-order valence-electron chi connectivity index (χ0n) is 12.0. The van der Waals surface area contributed by atoms with E-state index in [1.54, 1.807) is 37.5 Å². The highest BCUT2D eigenvalue weighted by molar-refractivity contribution is 6.16. The lowest BCUT2D eigenvalue weighted by Crippen LogP contribution is -2.01. The summed E-state index contributed by atoms with van der Waals surface area (Å²) >= 11 is 0. The van der Waals surface area contributed by atoms with Crippen molar-refractivity contribution in [3.63, 3.8) is 0 Å². The first-order chi connectivity index (χ1) is 10.6. The summed E-state index contributed by atoms with van der Waals surface area (Å²) in [5, 5.41) is 9.22. The van der Waals surface area contributed by atoms with Crippen LogP contribution in [0.25, 0.3) is 6.08 Å². The number of benzene rings is 2. The summed E-state index contributed by atoms with van der Waals surface area (Å²) < 4.78 is 5.14. The van der Waals surface area contributed by atoms with Crippen LogP contribution in [0.15, 0.2) is 48.0 Å². The van der Waals surface area contributed by atoms with Gasteiger partial charge in [0.1, 0.15) is 5.75 Å². The van der Waals surface area contributed by atoms with E-state index >= 15 is 0 Å². The fourth-order valence-corrected chi connectivity index (χ4v) is 2.63. The average Bonchev–Trinajstić information content (AvgIpc) is 2.83. The van der Waals surface area contributed by atoms with Crippen LogP contribution < -0.4 is 4.74 Å². The predicted molar refractivity (Wildman–Crippen MR) is 82.4 cm³/mol. The molecule has 1 aliphatic rings. The Hall–Kier alpha value is -2.88. The average molecular weight is 294 g/mol. The number of ether oxygens (including phenoxy) is 1. The Balaban J connectivity index is 2.02. The molecule has 3 rings (SSSR count). The topological polar surface area (TPSA) is 63.6 Å². The van der Waals surface area contributed by atoms with Gasteiger partial charge >= 0.3 is 5.97 Å². The number of hydrogen-bond donors (Lipinski definition) is 1. The van der Waals surface area contributed by atoms with E-state index in [-0.39, 0.29) is 11.3 Å². The zero-order valence-corrected chi connectivity index (χ0v) is 12.0. The molecule has 2 aromatic rings. The van der Waals surface area contributed by atoms with Crippen molar-refractivity contribution in [1.82, 2.24) is 0 Å². The molecule has 0 saturated carbocycles. The smallest absolute Gasteiger partial charge is 0.336 e. The van der Waals surface area contributed by atoms with E-state index in [2.05, 4.69) is 0 Å². The molecule has 2 aromatic carbocycles. The van der Waals surface area contributed by atoms with Crippen LogP contribution in [-0.2, 0) is 6.42 Å². The maximum atomic E-state index is 12.5. The SMILES string of the molecule is COc1ccc2c(c1)C(=O)C(=Cc1ccccc1C(=O)O)C2. The molecule has 0 amide bonds. The highest BCUT2D eigenvalue weighted by atomic mass is 16.5. The minimum Gasteiger partial charge on any atom is -0.497 e. The monoisotopic (exact) mass is 294 g/mol. The number of carboxylic acids is 1. The summed E-state index contributed by atoms with van der Waals surface area (Å²) in [6.45, 7) is 0. The number of carboxylic acid groups (broad SMARTS) is 1. The Morgan fingerprint density at radius 3 is 2.73 bits per heavy atom. The summed E-state index contributed by atoms with van der Waals surface area (Å²) in [5.41, 5.74) is 2.88. The van der Waals surface area contributed by atoms with Gasteiger partial charge in [0.05, 0.1) is 12.7 Å². The van der Waals surface area contributed by atoms with Crippen LogP contribution in [0.5, 0.6) is 5.75 Å². The molecule has 0 atom stereocenters. The van der Waals surface area contributed by atoms with E-state index in [0.717, 1.165) is 5.56 Å². The highest BCUT2D eigenvalue weighted by Gasteiger charge is 2.25. The first kappa shape index (κ1) is 14.1. The van der Waals surface area contributed by atoms with Gasteiger partial charge in [-0.05, 0) is 35.4 Å². The number of allylic oxidation sites excluding steroid dienone is 1. The number of fused-ring (bicyclic) bond motifs is 1. The van der Waals surface area contributed by atoms with Crippen LogP contribution in [0.3, 0.4) is 0 Å². The van der Waals surface area contributed by atoms with Crippen LogP contribution in [0.1, 0.15) is 31.8 Å². The maximum absolute atomic E-state index is 12.5. The molecule has 0 aliphatic heterocycles. The number of rotatable bonds is 3. The van der Waals surface area contributed by atoms with Gasteiger partial charge in [-0.1, -0.05) is 24.3 Å². The van der Waals surface area contributed by atoms with E-state index in [1.165, 1.54) is 6.07 Å². The van der Waals surface area contributed by atoms with Crippen LogP contribution in [-0.4, -0.2) is 24.0 Å². The van der Waals surface area contributed by atoms with E-state index in [1.807, 2.05) is 12.1 Å². The van der Waals surface area contributed by atoms with E-state index in [4.69, 9.17) is 4.74 Å². The van der Waals surface area contributed by atoms with Gasteiger partial charge in [0.15, 0.2) is 5.78 Å². The summed E-state index contributed by atoms with van der Waals surface area (Å²) in [5.74, 6) is -0.439. The normalized spacial score (nSPS) is 15.0. The van der Waals surface area contributed by atoms with Crippen LogP contribution in [0.4, 0.5) is 0 Å². The molecule has 1 aliphatic carbocycles. The minimum absolute atomic E-state index is 0.0749. The third-order valence-electron chi connectivity index (χ3n) is 3.76. The number of aromatic carboxylic acids is 1. The lowest BCUT2D eigenvalue weighted by atomic mass is 10.0. The molecule has 0 saturated heterocycles. The van der Waals surface area contributed by atoms with Gasteiger partial charge in [-0.25, -0.2) is 4.79 Å². The standard InChI is InChI=1S/C18H14O4/c1-22-14-7-6-12-9-13(17(19)16(12)10-14)8-11-4-2-3-5-15(11)18(20)21/h2-8,10H,9H2,1H3,(H,20,21). The Morgan fingerprint density at radius 1 is 1.23 bits per heavy atom. The first-order valence-corrected chi connectivity index (χ1v) is 6.84. The van der Waals surface area contributed by atoms with Gasteiger partial charge in [-0.2, -0.15) is 0 Å². The van der Waals surface area contributed by atoms with Crippen LogP contribution in [0.2, 0.25) is 0 Å². The van der Waals surface area contributed by atoms with Crippen molar-refractivity contribution >= 4 is 17.8 Å². The Morgan fingerprint density at radius 2 is 2.00 bits per heavy atom. The van der Waals surface area contributed by atoms with Gasteiger partial charge in [0.2, 0.25) is 0 Å². The lowest BCUT2D eigenvalue weighted by Gasteiger charge is -2.02. The van der Waals surface area contributed by atoms with Crippen molar-refractivity contribution in [3.05, 3.63) is 70.3 Å². The van der Waals surface area contributed by atoms with Crippen LogP contribution >= 0.6 is 0 Å². The molecular formula is C18H14O4. The molecular weight excluding hydrogens is 280 g/mol. The third-order valence-corrected chi connectivity index (χ3v) is 3.76. The van der Waals surface area contributed by atoms with Crippen molar-refractivity contribution in [2.75, 3.05) is 7.11 Å². The predicted octanol–water partition coefficient (Wildman–Crippen LogP) is 3.22. The second-order valence-corrected chi connectivity index (χ2v) is 5.09. The number of Topliss-reactive ketones (excluding diaryl/α,β-unsaturated/α-hetero) is 1. The molecule has 0 spiro atoms. The van der Waals surface area contributed by atoms with Crippen molar-refractivity contribution < 1.29 is 19.4 Å². The van der Waals surface area contributed by atoms with E-state index in [9.17, 15) is 14.7 Å². The molecule has 110 valence electrons. The summed E-state index contributed by atoms with van der Waals surface area (Å²) in [4.78, 5) is 23.7. The number of hydrogen-bond acceptors (Lipinski definition) is 3. The number of carbonyl (C=O) groups excluding carboxylic acids is 1. The summed E-state index contributed by atoms with van der Waals surface area (Å²) in [7, 11) is 1.56. The number of methoxy groups -OCH3 is 1. The summed E-state index contributed by atoms with van der Waals surface area (Å²) in [6.07, 6.45) is 2.17. The molecule has 0 heterocycles. The molecule has 4 heteroatoms. The molecule has 22 heavy (non-hydrogen) atoms. The molecule has 0 bridgehead atoms. The molecule has 1 N–H and O–H groups in total. The minimum atomic E-state index is -1.00. The molecule has 0 radical (unpaired) electrons. The number of carbonyl (C=O) groups is 2. The molecule has 0 unspecified atom stereocenters. The van der Waals surface area contributed by atoms with Crippen molar-refractivity contribution in [3.8, 4) is 5.75 Å². The first-order valence-electron chi connectivity index (χ1n) is 6.84. The molecule has 0 aromatic heterocycles. The summed E-state index contributed by atoms with van der Waals surface area (Å²) in [6, 6.07) is 12.1. The maximum Gasteiger partial charge on any atom is 0.336 e. The lowest BCUT2D eigenvalue weighted by molar-refractivity contribution is 0.0696. The van der Waals surface area contributed by atoms with Crippen molar-refractivity contribution in [2.45, 2.75) is 6.42 Å². The second-order valence-electron chi connectivity index (χ2n) is 5.09. The largest absolute Gasteiger partial charge is 0.497 e. The van der Waals surface area contributed by atoms with Gasteiger partial charge < -0.3 is 9.84 Å². The Labute approximate surface area is 127 Å². The van der Waals surface area contributed by atoms with Gasteiger partial charge in [0.25, 0.3) is 0 Å². The zero-order chi connectivity index (χ0) is 15.7. The molecule has 0 fully saturated rings. The fraction of sp³-hybridized carbons (Fsp3) is 0.111. The fourth-order valence-electron chi connectivity index (χ4n) is 2.63. The van der Waals surface area contributed by atoms with Crippen LogP contribution in [0, 0.1) is 0 Å². The Kier molecular flexibility index (Phi) is 3.51. The van der Waals surface area contributed by atoms with Gasteiger partial charge in [0, 0.05) is 17.6 Å². The van der Waals surface area contributed by atoms with Crippen molar-refractivity contribution in [2.24, 2.45) is 0 Å². The van der Waals surface area contributed by atoms with E-state index in [0.29, 0.717) is 28.9 Å². The second kappa shape index (κ2) is 5.48. The van der Waals surface area contributed by atoms with E-state index < -0.39 is 5.97 Å². The highest BCUT2D eigenvalue weighted by Crippen LogP contribution is 2.31. The van der Waals surface area contributed by atoms with Gasteiger partial charge in [-0.15, -0.1) is 0 Å². The molecule has 4 nitrogen and oxygen atoms in total. The third kappa shape index (κ3) is 2.39. The number of ketones is 1.